The molecule has 2 aliphatic carbocycles. The van der Waals surface area contributed by atoms with E-state index in [2.05, 4.69) is 132 Å². The zero-order chi connectivity index (χ0) is 42.8. The molecule has 316 valence electrons. The Morgan fingerprint density at radius 1 is 0.448 bits per heavy atom. The summed E-state index contributed by atoms with van der Waals surface area (Å²) in [6.07, 6.45) is 15.1. The van der Waals surface area contributed by atoms with Crippen LogP contribution in [-0.4, -0.2) is 20.4 Å². The van der Waals surface area contributed by atoms with Crippen LogP contribution in [-0.2, 0) is 47.3 Å². The third-order valence-corrected chi connectivity index (χ3v) is 13.6. The Kier molecular flexibility index (Phi) is 13.8. The first-order valence-corrected chi connectivity index (χ1v) is 22.5. The van der Waals surface area contributed by atoms with Gasteiger partial charge in [0, 0.05) is 24.0 Å². The van der Waals surface area contributed by atoms with Crippen molar-refractivity contribution >= 4 is 0 Å². The second kappa shape index (κ2) is 17.7. The summed E-state index contributed by atoms with van der Waals surface area (Å²) in [5.74, 6) is 1.61. The van der Waals surface area contributed by atoms with Gasteiger partial charge in [-0.15, -0.1) is 0 Å². The Morgan fingerprint density at radius 2 is 0.759 bits per heavy atom. The molecule has 0 aliphatic heterocycles. The first-order valence-electron chi connectivity index (χ1n) is 22.5. The summed E-state index contributed by atoms with van der Waals surface area (Å²) >= 11 is 0. The quantitative estimate of drug-likeness (QED) is 0.143. The molecule has 0 atom stereocenters. The van der Waals surface area contributed by atoms with Crippen LogP contribution in [0.15, 0.2) is 48.5 Å². The lowest BCUT2D eigenvalue weighted by atomic mass is 9.69. The minimum atomic E-state index is -0.131. The molecular weight excluding hydrogens is 713 g/mol. The van der Waals surface area contributed by atoms with Gasteiger partial charge in [0.2, 0.25) is 0 Å². The maximum Gasteiger partial charge on any atom is 0.122 e. The van der Waals surface area contributed by atoms with E-state index in [1.54, 1.807) is 0 Å². The highest BCUT2D eigenvalue weighted by Gasteiger charge is 2.34. The monoisotopic (exact) mass is 789 g/mol. The molecule has 0 heterocycles. The fraction of sp³-hybridized carbons (Fsp3) is 0.556. The van der Waals surface area contributed by atoms with Gasteiger partial charge >= 0.3 is 0 Å². The van der Waals surface area contributed by atoms with Crippen molar-refractivity contribution in [2.75, 3.05) is 0 Å². The molecule has 0 aromatic heterocycles. The van der Waals surface area contributed by atoms with Crippen LogP contribution in [0.1, 0.15) is 200 Å². The standard InChI is InChI=1S/C29H40O2.C25H36O2/c1-20-15-22(26(30)24(17-20)28(3)11-7-5-8-12-28)19-23-16-21(2)18-25(27(23)31)29(4)13-9-6-10-14-29;1-9-16-11-18(22(26)20(13-16)24(3,4)5)15-19-12-17(10-2)14-21(23(19)27)25(6,7)8/h15-18,30-31H,5-14,19H2,1-4H3;11-14,26-27H,9-10,15H2,1-8H3. The van der Waals surface area contributed by atoms with Crippen molar-refractivity contribution in [1.29, 1.82) is 0 Å². The average Bonchev–Trinajstić information content (AvgIpc) is 3.15. The minimum absolute atomic E-state index is 0.0541. The molecule has 2 fully saturated rings. The Bertz CT molecular complexity index is 1910. The topological polar surface area (TPSA) is 80.9 Å². The summed E-state index contributed by atoms with van der Waals surface area (Å²) in [5.41, 5.74) is 12.5. The fourth-order valence-electron chi connectivity index (χ4n) is 9.85. The molecule has 58 heavy (non-hydrogen) atoms. The number of hydrogen-bond acceptors (Lipinski definition) is 4. The minimum Gasteiger partial charge on any atom is -0.507 e. The summed E-state index contributed by atoms with van der Waals surface area (Å²) in [4.78, 5) is 0. The van der Waals surface area contributed by atoms with E-state index < -0.39 is 0 Å². The summed E-state index contributed by atoms with van der Waals surface area (Å²) in [5, 5.41) is 44.6. The van der Waals surface area contributed by atoms with Crippen molar-refractivity contribution in [3.8, 4) is 23.0 Å². The largest absolute Gasteiger partial charge is 0.507 e. The van der Waals surface area contributed by atoms with E-state index in [9.17, 15) is 20.4 Å². The molecule has 4 aromatic rings. The van der Waals surface area contributed by atoms with Gasteiger partial charge < -0.3 is 20.4 Å². The zero-order valence-electron chi connectivity index (χ0n) is 38.3. The van der Waals surface area contributed by atoms with Crippen LogP contribution in [0.3, 0.4) is 0 Å². The van der Waals surface area contributed by atoms with Crippen molar-refractivity contribution in [2.24, 2.45) is 0 Å². The Morgan fingerprint density at radius 3 is 1.05 bits per heavy atom. The van der Waals surface area contributed by atoms with Crippen LogP contribution in [0, 0.1) is 13.8 Å². The van der Waals surface area contributed by atoms with Crippen LogP contribution in [0.5, 0.6) is 23.0 Å². The molecule has 0 unspecified atom stereocenters. The molecule has 0 amide bonds. The number of phenols is 4. The molecule has 0 bridgehead atoms. The number of aromatic hydroxyl groups is 4. The highest BCUT2D eigenvalue weighted by Crippen LogP contribution is 2.47. The van der Waals surface area contributed by atoms with Crippen molar-refractivity contribution in [1.82, 2.24) is 0 Å². The van der Waals surface area contributed by atoms with Crippen LogP contribution in [0.25, 0.3) is 0 Å². The normalized spacial score (nSPS) is 16.8. The molecule has 0 saturated heterocycles. The van der Waals surface area contributed by atoms with E-state index in [1.807, 2.05) is 0 Å². The summed E-state index contributed by atoms with van der Waals surface area (Å²) < 4.78 is 0. The Hall–Kier alpha value is -3.92. The van der Waals surface area contributed by atoms with Crippen molar-refractivity contribution < 1.29 is 20.4 Å². The van der Waals surface area contributed by atoms with Gasteiger partial charge in [0.05, 0.1) is 0 Å². The Labute approximate surface area is 352 Å². The van der Waals surface area contributed by atoms with Crippen LogP contribution in [0.4, 0.5) is 0 Å². The number of benzene rings is 4. The summed E-state index contributed by atoms with van der Waals surface area (Å²) in [6, 6.07) is 17.0. The maximum absolute atomic E-state index is 11.3. The van der Waals surface area contributed by atoms with E-state index in [-0.39, 0.29) is 21.7 Å². The van der Waals surface area contributed by atoms with E-state index >= 15 is 0 Å². The van der Waals surface area contributed by atoms with Crippen molar-refractivity contribution in [3.05, 3.63) is 115 Å². The van der Waals surface area contributed by atoms with Crippen LogP contribution in [0.2, 0.25) is 0 Å². The third-order valence-electron chi connectivity index (χ3n) is 13.6. The molecule has 6 rings (SSSR count). The van der Waals surface area contributed by atoms with Gasteiger partial charge in [-0.05, 0) is 119 Å². The molecule has 2 saturated carbocycles. The number of phenolic OH excluding ortho intramolecular Hbond substituents is 4. The smallest absolute Gasteiger partial charge is 0.122 e. The first kappa shape index (κ1) is 45.2. The molecule has 0 radical (unpaired) electrons. The predicted octanol–water partition coefficient (Wildman–Crippen LogP) is 14.2. The lowest BCUT2D eigenvalue weighted by Gasteiger charge is -2.36. The molecule has 2 aliphatic rings. The van der Waals surface area contributed by atoms with E-state index in [0.717, 1.165) is 83.0 Å². The van der Waals surface area contributed by atoms with Crippen LogP contribution >= 0.6 is 0 Å². The number of hydrogen-bond donors (Lipinski definition) is 4. The van der Waals surface area contributed by atoms with Gasteiger partial charge in [-0.3, -0.25) is 0 Å². The molecule has 0 spiro atoms. The average molecular weight is 789 g/mol. The molecule has 4 nitrogen and oxygen atoms in total. The molecule has 4 heteroatoms. The van der Waals surface area contributed by atoms with Gasteiger partial charge in [-0.1, -0.05) is 167 Å². The van der Waals surface area contributed by atoms with Gasteiger partial charge in [-0.25, -0.2) is 0 Å². The fourth-order valence-corrected chi connectivity index (χ4v) is 9.85. The van der Waals surface area contributed by atoms with Gasteiger partial charge in [0.25, 0.3) is 0 Å². The van der Waals surface area contributed by atoms with Gasteiger partial charge in [-0.2, -0.15) is 0 Å². The lowest BCUT2D eigenvalue weighted by molar-refractivity contribution is 0.306. The first-order chi connectivity index (χ1) is 27.1. The van der Waals surface area contributed by atoms with Crippen molar-refractivity contribution in [2.45, 2.75) is 195 Å². The number of aryl methyl sites for hydroxylation is 4. The zero-order valence-corrected chi connectivity index (χ0v) is 38.3. The molecule has 4 N–H and O–H groups in total. The highest BCUT2D eigenvalue weighted by molar-refractivity contribution is 5.55. The predicted molar refractivity (Wildman–Crippen MR) is 245 cm³/mol. The van der Waals surface area contributed by atoms with E-state index in [4.69, 9.17) is 0 Å². The second-order valence-corrected chi connectivity index (χ2v) is 20.7. The molecular formula is C54H76O4. The summed E-state index contributed by atoms with van der Waals surface area (Å²) in [6.45, 7) is 25.9. The van der Waals surface area contributed by atoms with E-state index in [0.29, 0.717) is 35.8 Å². The second-order valence-electron chi connectivity index (χ2n) is 20.7. The number of rotatable bonds is 8. The molecule has 4 aromatic carbocycles. The van der Waals surface area contributed by atoms with Crippen LogP contribution < -0.4 is 0 Å². The SMILES string of the molecule is CCc1cc(Cc2cc(CC)cc(C(C)(C)C)c2O)c(O)c(C(C)(C)C)c1.Cc1cc(Cc2cc(C)cc(C3(C)CCCCC3)c2O)c(O)c(C2(C)CCCCC2)c1. The summed E-state index contributed by atoms with van der Waals surface area (Å²) in [7, 11) is 0. The van der Waals surface area contributed by atoms with E-state index in [1.165, 1.54) is 60.8 Å². The Balaban J connectivity index is 0.000000223. The van der Waals surface area contributed by atoms with Crippen molar-refractivity contribution in [3.63, 3.8) is 0 Å². The third kappa shape index (κ3) is 10.1. The highest BCUT2D eigenvalue weighted by atomic mass is 16.3. The maximum atomic E-state index is 11.3. The van der Waals surface area contributed by atoms with Gasteiger partial charge in [0.15, 0.2) is 0 Å². The lowest BCUT2D eigenvalue weighted by Crippen LogP contribution is -2.26. The van der Waals surface area contributed by atoms with Gasteiger partial charge in [0.1, 0.15) is 23.0 Å².